The van der Waals surface area contributed by atoms with Gasteiger partial charge in [-0.15, -0.1) is 35.3 Å². The number of nitrogens with zero attached hydrogens (tertiary/aromatic N) is 1. The van der Waals surface area contributed by atoms with Gasteiger partial charge in [0.2, 0.25) is 0 Å². The molecule has 1 aromatic carbocycles. The Bertz CT molecular complexity index is 614. The molecule has 2 atom stereocenters. The van der Waals surface area contributed by atoms with Crippen LogP contribution in [-0.4, -0.2) is 25.7 Å². The van der Waals surface area contributed by atoms with Gasteiger partial charge in [0.05, 0.1) is 12.6 Å². The predicted molar refractivity (Wildman–Crippen MR) is 114 cm³/mol. The number of thiophene rings is 1. The Kier molecular flexibility index (Phi) is 9.13. The lowest BCUT2D eigenvalue weighted by Crippen LogP contribution is -2.42. The van der Waals surface area contributed by atoms with Gasteiger partial charge in [0.15, 0.2) is 5.96 Å². The van der Waals surface area contributed by atoms with Gasteiger partial charge < -0.3 is 15.4 Å². The summed E-state index contributed by atoms with van der Waals surface area (Å²) in [5.41, 5.74) is 1.23. The van der Waals surface area contributed by atoms with Crippen LogP contribution in [0, 0.1) is 6.92 Å². The molecule has 0 radical (unpaired) electrons. The molecule has 24 heavy (non-hydrogen) atoms. The smallest absolute Gasteiger partial charge is 0.191 e. The van der Waals surface area contributed by atoms with Crippen molar-refractivity contribution in [3.8, 4) is 5.75 Å². The second kappa shape index (κ2) is 10.6. The lowest BCUT2D eigenvalue weighted by atomic mass is 10.2. The molecule has 0 bridgehead atoms. The van der Waals surface area contributed by atoms with E-state index in [2.05, 4.69) is 59.1 Å². The summed E-state index contributed by atoms with van der Waals surface area (Å²) in [6.07, 6.45) is 0.0494. The van der Waals surface area contributed by atoms with Gasteiger partial charge in [0, 0.05) is 11.9 Å². The number of rotatable bonds is 6. The van der Waals surface area contributed by atoms with Crippen molar-refractivity contribution in [3.63, 3.8) is 0 Å². The monoisotopic (exact) mass is 459 g/mol. The molecule has 0 spiro atoms. The number of guanidine groups is 1. The standard InChI is InChI=1S/C18H25N3OS.HI/c1-13-7-9-16(10-8-13)22-14(2)12-20-18(19-4)21-15(3)17-6-5-11-23-17;/h5-11,14-15H,12H2,1-4H3,(H2,19,20,21);1H. The maximum absolute atomic E-state index is 5.90. The van der Waals surface area contributed by atoms with Crippen molar-refractivity contribution in [1.82, 2.24) is 10.6 Å². The SMILES string of the molecule is CN=C(NCC(C)Oc1ccc(C)cc1)NC(C)c1cccs1.I. The first-order chi connectivity index (χ1) is 11.1. The zero-order valence-corrected chi connectivity index (χ0v) is 17.7. The van der Waals surface area contributed by atoms with Crippen molar-refractivity contribution < 1.29 is 4.74 Å². The fraction of sp³-hybridized carbons (Fsp3) is 0.389. The molecule has 2 rings (SSSR count). The van der Waals surface area contributed by atoms with Gasteiger partial charge in [-0.2, -0.15) is 0 Å². The molecule has 0 saturated carbocycles. The van der Waals surface area contributed by atoms with Crippen LogP contribution < -0.4 is 15.4 Å². The minimum atomic E-state index is 0. The molecule has 132 valence electrons. The van der Waals surface area contributed by atoms with E-state index < -0.39 is 0 Å². The van der Waals surface area contributed by atoms with E-state index in [1.807, 2.05) is 19.1 Å². The molecule has 0 aliphatic rings. The minimum absolute atomic E-state index is 0. The summed E-state index contributed by atoms with van der Waals surface area (Å²) in [5.74, 6) is 1.67. The molecule has 1 heterocycles. The van der Waals surface area contributed by atoms with Gasteiger partial charge >= 0.3 is 0 Å². The highest BCUT2D eigenvalue weighted by molar-refractivity contribution is 14.0. The molecule has 2 N–H and O–H groups in total. The summed E-state index contributed by atoms with van der Waals surface area (Å²) < 4.78 is 5.90. The first-order valence-electron chi connectivity index (χ1n) is 7.82. The molecule has 0 saturated heterocycles. The molecule has 0 aliphatic carbocycles. The molecule has 2 aromatic rings. The van der Waals surface area contributed by atoms with Crippen LogP contribution in [0.3, 0.4) is 0 Å². The predicted octanol–water partition coefficient (Wildman–Crippen LogP) is 4.37. The number of hydrogen-bond donors (Lipinski definition) is 2. The number of hydrogen-bond acceptors (Lipinski definition) is 3. The van der Waals surface area contributed by atoms with Crippen molar-refractivity contribution in [2.75, 3.05) is 13.6 Å². The van der Waals surface area contributed by atoms with Crippen LogP contribution in [0.2, 0.25) is 0 Å². The number of halogens is 1. The van der Waals surface area contributed by atoms with Crippen LogP contribution in [0.25, 0.3) is 0 Å². The van der Waals surface area contributed by atoms with E-state index in [9.17, 15) is 0 Å². The van der Waals surface area contributed by atoms with E-state index >= 15 is 0 Å². The third kappa shape index (κ3) is 6.68. The highest BCUT2D eigenvalue weighted by atomic mass is 127. The molecule has 1 aromatic heterocycles. The van der Waals surface area contributed by atoms with Gasteiger partial charge in [-0.1, -0.05) is 23.8 Å². The summed E-state index contributed by atoms with van der Waals surface area (Å²) in [6.45, 7) is 6.93. The fourth-order valence-corrected chi connectivity index (χ4v) is 2.87. The van der Waals surface area contributed by atoms with Crippen LogP contribution in [0.5, 0.6) is 5.75 Å². The molecule has 0 amide bonds. The Balaban J connectivity index is 0.00000288. The van der Waals surface area contributed by atoms with Gasteiger partial charge in [0.1, 0.15) is 11.9 Å². The third-order valence-corrected chi connectivity index (χ3v) is 4.52. The Hall–Kier alpha value is -1.28. The molecular formula is C18H26IN3OS. The van der Waals surface area contributed by atoms with Gasteiger partial charge in [-0.25, -0.2) is 0 Å². The average molecular weight is 459 g/mol. The first-order valence-corrected chi connectivity index (χ1v) is 8.70. The molecule has 0 fully saturated rings. The Morgan fingerprint density at radius 1 is 1.21 bits per heavy atom. The highest BCUT2D eigenvalue weighted by Gasteiger charge is 2.10. The first kappa shape index (κ1) is 20.8. The van der Waals surface area contributed by atoms with Crippen molar-refractivity contribution in [2.24, 2.45) is 4.99 Å². The van der Waals surface area contributed by atoms with Gasteiger partial charge in [-0.05, 0) is 44.4 Å². The summed E-state index contributed by atoms with van der Waals surface area (Å²) in [6, 6.07) is 12.5. The third-order valence-electron chi connectivity index (χ3n) is 3.46. The Morgan fingerprint density at radius 3 is 2.50 bits per heavy atom. The topological polar surface area (TPSA) is 45.7 Å². The molecule has 6 heteroatoms. The summed E-state index contributed by atoms with van der Waals surface area (Å²) >= 11 is 1.74. The van der Waals surface area contributed by atoms with Crippen LogP contribution >= 0.6 is 35.3 Å². The van der Waals surface area contributed by atoms with Crippen LogP contribution in [0.1, 0.15) is 30.3 Å². The zero-order valence-electron chi connectivity index (χ0n) is 14.6. The van der Waals surface area contributed by atoms with E-state index in [1.54, 1.807) is 18.4 Å². The normalized spacial score (nSPS) is 13.6. The lowest BCUT2D eigenvalue weighted by Gasteiger charge is -2.20. The van der Waals surface area contributed by atoms with Crippen molar-refractivity contribution >= 4 is 41.3 Å². The quantitative estimate of drug-likeness (QED) is 0.383. The maximum atomic E-state index is 5.90. The van der Waals surface area contributed by atoms with E-state index in [-0.39, 0.29) is 36.1 Å². The highest BCUT2D eigenvalue weighted by Crippen LogP contribution is 2.17. The van der Waals surface area contributed by atoms with Crippen molar-refractivity contribution in [1.29, 1.82) is 0 Å². The number of benzene rings is 1. The Labute approximate surface area is 165 Å². The largest absolute Gasteiger partial charge is 0.489 e. The average Bonchev–Trinajstić information content (AvgIpc) is 3.08. The summed E-state index contributed by atoms with van der Waals surface area (Å²) in [7, 11) is 1.78. The minimum Gasteiger partial charge on any atom is -0.489 e. The number of aryl methyl sites for hydroxylation is 1. The van der Waals surface area contributed by atoms with Crippen molar-refractivity contribution in [2.45, 2.75) is 32.9 Å². The zero-order chi connectivity index (χ0) is 16.7. The summed E-state index contributed by atoms with van der Waals surface area (Å²) in [5, 5.41) is 8.79. The van der Waals surface area contributed by atoms with Crippen LogP contribution in [-0.2, 0) is 0 Å². The summed E-state index contributed by atoms with van der Waals surface area (Å²) in [4.78, 5) is 5.56. The van der Waals surface area contributed by atoms with E-state index in [4.69, 9.17) is 4.74 Å². The number of ether oxygens (including phenoxy) is 1. The van der Waals surface area contributed by atoms with Crippen molar-refractivity contribution in [3.05, 3.63) is 52.2 Å². The second-order valence-corrected chi connectivity index (χ2v) is 6.56. The molecule has 4 nitrogen and oxygen atoms in total. The number of nitrogens with one attached hydrogen (secondary N) is 2. The van der Waals surface area contributed by atoms with Crippen LogP contribution in [0.4, 0.5) is 0 Å². The van der Waals surface area contributed by atoms with Crippen LogP contribution in [0.15, 0.2) is 46.8 Å². The van der Waals surface area contributed by atoms with Gasteiger partial charge in [0.25, 0.3) is 0 Å². The van der Waals surface area contributed by atoms with E-state index in [0.717, 1.165) is 11.7 Å². The maximum Gasteiger partial charge on any atom is 0.191 e. The van der Waals surface area contributed by atoms with E-state index in [0.29, 0.717) is 6.54 Å². The number of aliphatic imine (C=N–C) groups is 1. The van der Waals surface area contributed by atoms with Gasteiger partial charge in [-0.3, -0.25) is 4.99 Å². The molecular weight excluding hydrogens is 433 g/mol. The molecule has 2 unspecified atom stereocenters. The van der Waals surface area contributed by atoms with E-state index in [1.165, 1.54) is 10.4 Å². The fourth-order valence-electron chi connectivity index (χ4n) is 2.14. The second-order valence-electron chi connectivity index (χ2n) is 5.58. The molecule has 0 aliphatic heterocycles. The lowest BCUT2D eigenvalue weighted by molar-refractivity contribution is 0.223. The Morgan fingerprint density at radius 2 is 1.92 bits per heavy atom.